The van der Waals surface area contributed by atoms with E-state index in [-0.39, 0.29) is 12.5 Å². The Morgan fingerprint density at radius 2 is 2.00 bits per heavy atom. The van der Waals surface area contributed by atoms with Crippen LogP contribution in [0.2, 0.25) is 0 Å². The highest BCUT2D eigenvalue weighted by atomic mass is 16.3. The molecule has 2 rings (SSSR count). The summed E-state index contributed by atoms with van der Waals surface area (Å²) in [5, 5.41) is 9.11. The number of aliphatic hydroxyl groups is 1. The van der Waals surface area contributed by atoms with Crippen molar-refractivity contribution in [1.82, 2.24) is 4.90 Å². The van der Waals surface area contributed by atoms with E-state index in [1.165, 1.54) is 6.42 Å². The molecule has 0 aromatic heterocycles. The number of benzene rings is 1. The van der Waals surface area contributed by atoms with Gasteiger partial charge in [0.1, 0.15) is 0 Å². The van der Waals surface area contributed by atoms with Gasteiger partial charge in [-0.2, -0.15) is 0 Å². The van der Waals surface area contributed by atoms with Crippen molar-refractivity contribution in [2.45, 2.75) is 25.3 Å². The first-order valence-corrected chi connectivity index (χ1v) is 6.89. The molecule has 104 valence electrons. The van der Waals surface area contributed by atoms with Gasteiger partial charge in [0.05, 0.1) is 13.2 Å². The van der Waals surface area contributed by atoms with Crippen LogP contribution in [-0.2, 0) is 4.79 Å². The number of anilines is 1. The molecule has 4 heteroatoms. The monoisotopic (exact) mass is 262 g/mol. The lowest BCUT2D eigenvalue weighted by Gasteiger charge is -2.37. The first kappa shape index (κ1) is 14.0. The topological polar surface area (TPSA) is 43.8 Å². The van der Waals surface area contributed by atoms with E-state index in [1.807, 2.05) is 30.3 Å². The number of rotatable bonds is 6. The molecule has 0 heterocycles. The van der Waals surface area contributed by atoms with Crippen molar-refractivity contribution >= 4 is 11.6 Å². The summed E-state index contributed by atoms with van der Waals surface area (Å²) in [6.45, 7) is 1.08. The Balaban J connectivity index is 1.94. The van der Waals surface area contributed by atoms with Gasteiger partial charge in [-0.05, 0) is 25.0 Å². The number of hydrogen-bond donors (Lipinski definition) is 1. The fourth-order valence-electron chi connectivity index (χ4n) is 2.35. The van der Waals surface area contributed by atoms with Gasteiger partial charge in [0.15, 0.2) is 0 Å². The van der Waals surface area contributed by atoms with Crippen LogP contribution in [0, 0.1) is 0 Å². The summed E-state index contributed by atoms with van der Waals surface area (Å²) in [6.07, 6.45) is 3.51. The quantitative estimate of drug-likeness (QED) is 0.845. The number of amides is 1. The summed E-state index contributed by atoms with van der Waals surface area (Å²) < 4.78 is 0. The van der Waals surface area contributed by atoms with Crippen LogP contribution >= 0.6 is 0 Å². The first-order chi connectivity index (χ1) is 9.22. The van der Waals surface area contributed by atoms with Crippen LogP contribution in [0.4, 0.5) is 5.69 Å². The minimum atomic E-state index is 0.0755. The lowest BCUT2D eigenvalue weighted by atomic mass is 9.91. The average molecular weight is 262 g/mol. The van der Waals surface area contributed by atoms with E-state index in [9.17, 15) is 4.79 Å². The highest BCUT2D eigenvalue weighted by Crippen LogP contribution is 2.24. The van der Waals surface area contributed by atoms with Crippen LogP contribution in [0.25, 0.3) is 0 Å². The number of aliphatic hydroxyl groups excluding tert-OH is 1. The van der Waals surface area contributed by atoms with Crippen molar-refractivity contribution in [3.8, 4) is 0 Å². The maximum Gasteiger partial charge on any atom is 0.240 e. The molecule has 1 aromatic rings. The zero-order valence-corrected chi connectivity index (χ0v) is 11.5. The highest BCUT2D eigenvalue weighted by Gasteiger charge is 2.27. The molecule has 1 aromatic carbocycles. The van der Waals surface area contributed by atoms with E-state index in [2.05, 4.69) is 4.90 Å². The van der Waals surface area contributed by atoms with Gasteiger partial charge in [0.25, 0.3) is 0 Å². The Kier molecular flexibility index (Phi) is 4.93. The molecular formula is C15H22N2O2. The molecule has 0 aliphatic heterocycles. The summed E-state index contributed by atoms with van der Waals surface area (Å²) in [4.78, 5) is 16.1. The maximum atomic E-state index is 12.3. The number of para-hydroxylation sites is 1. The van der Waals surface area contributed by atoms with Crippen LogP contribution < -0.4 is 4.90 Å². The van der Waals surface area contributed by atoms with Gasteiger partial charge in [-0.3, -0.25) is 9.69 Å². The van der Waals surface area contributed by atoms with Crippen LogP contribution in [0.5, 0.6) is 0 Å². The Morgan fingerprint density at radius 3 is 2.53 bits per heavy atom. The second kappa shape index (κ2) is 6.68. The van der Waals surface area contributed by atoms with Crippen molar-refractivity contribution in [2.24, 2.45) is 0 Å². The molecule has 4 nitrogen and oxygen atoms in total. The molecule has 0 saturated heterocycles. The molecule has 0 spiro atoms. The van der Waals surface area contributed by atoms with E-state index in [1.54, 1.807) is 11.9 Å². The van der Waals surface area contributed by atoms with Crippen molar-refractivity contribution in [3.63, 3.8) is 0 Å². The minimum absolute atomic E-state index is 0.0755. The normalized spacial score (nSPS) is 15.3. The number of nitrogens with zero attached hydrogens (tertiary/aromatic N) is 2. The fraction of sp³-hybridized carbons (Fsp3) is 0.533. The van der Waals surface area contributed by atoms with Crippen LogP contribution in [0.3, 0.4) is 0 Å². The summed E-state index contributed by atoms with van der Waals surface area (Å²) in [5.74, 6) is 0.0755. The number of hydrogen-bond acceptors (Lipinski definition) is 3. The Labute approximate surface area is 114 Å². The summed E-state index contributed by atoms with van der Waals surface area (Å²) in [7, 11) is 1.80. The zero-order chi connectivity index (χ0) is 13.7. The fourth-order valence-corrected chi connectivity index (χ4v) is 2.35. The number of carbonyl (C=O) groups excluding carboxylic acids is 1. The van der Waals surface area contributed by atoms with Crippen molar-refractivity contribution in [2.75, 3.05) is 31.6 Å². The van der Waals surface area contributed by atoms with E-state index in [0.717, 1.165) is 18.5 Å². The van der Waals surface area contributed by atoms with Crippen LogP contribution in [-0.4, -0.2) is 48.7 Å². The Hall–Kier alpha value is -1.39. The van der Waals surface area contributed by atoms with Gasteiger partial charge in [-0.15, -0.1) is 0 Å². The largest absolute Gasteiger partial charge is 0.395 e. The van der Waals surface area contributed by atoms with Gasteiger partial charge >= 0.3 is 0 Å². The Bertz CT molecular complexity index is 404. The predicted molar refractivity (Wildman–Crippen MR) is 76.1 cm³/mol. The third-order valence-electron chi connectivity index (χ3n) is 3.83. The summed E-state index contributed by atoms with van der Waals surface area (Å²) >= 11 is 0. The molecule has 1 fully saturated rings. The smallest absolute Gasteiger partial charge is 0.240 e. The molecule has 19 heavy (non-hydrogen) atoms. The molecular weight excluding hydrogens is 240 g/mol. The third kappa shape index (κ3) is 3.55. The molecule has 0 unspecified atom stereocenters. The average Bonchev–Trinajstić information content (AvgIpc) is 2.37. The second-order valence-corrected chi connectivity index (χ2v) is 5.07. The Morgan fingerprint density at radius 1 is 1.32 bits per heavy atom. The molecule has 1 aliphatic rings. The zero-order valence-electron chi connectivity index (χ0n) is 11.5. The highest BCUT2D eigenvalue weighted by molar-refractivity contribution is 5.94. The molecule has 1 aliphatic carbocycles. The SMILES string of the molecule is CN(C(=O)CN(CCO)C1CCC1)c1ccccc1. The molecule has 1 N–H and O–H groups in total. The standard InChI is InChI=1S/C15H22N2O2/c1-16(13-6-3-2-4-7-13)15(19)12-17(10-11-18)14-8-5-9-14/h2-4,6-7,14,18H,5,8-12H2,1H3. The van der Waals surface area contributed by atoms with E-state index < -0.39 is 0 Å². The lowest BCUT2D eigenvalue weighted by Crippen LogP contribution is -2.47. The molecule has 0 radical (unpaired) electrons. The second-order valence-electron chi connectivity index (χ2n) is 5.07. The van der Waals surface area contributed by atoms with Gasteiger partial charge in [-0.1, -0.05) is 24.6 Å². The van der Waals surface area contributed by atoms with Gasteiger partial charge in [0.2, 0.25) is 5.91 Å². The van der Waals surface area contributed by atoms with Crippen LogP contribution in [0.1, 0.15) is 19.3 Å². The predicted octanol–water partition coefficient (Wildman–Crippen LogP) is 1.50. The van der Waals surface area contributed by atoms with E-state index in [0.29, 0.717) is 19.1 Å². The van der Waals surface area contributed by atoms with Crippen molar-refractivity contribution < 1.29 is 9.90 Å². The lowest BCUT2D eigenvalue weighted by molar-refractivity contribution is -0.120. The summed E-state index contributed by atoms with van der Waals surface area (Å²) in [5.41, 5.74) is 0.907. The van der Waals surface area contributed by atoms with E-state index >= 15 is 0 Å². The van der Waals surface area contributed by atoms with Gasteiger partial charge in [0, 0.05) is 25.3 Å². The maximum absolute atomic E-state index is 12.3. The number of carbonyl (C=O) groups is 1. The minimum Gasteiger partial charge on any atom is -0.395 e. The molecule has 0 atom stereocenters. The van der Waals surface area contributed by atoms with Gasteiger partial charge in [-0.25, -0.2) is 0 Å². The third-order valence-corrected chi connectivity index (χ3v) is 3.83. The number of likely N-dealkylation sites (N-methyl/N-ethyl adjacent to an activating group) is 1. The van der Waals surface area contributed by atoms with E-state index in [4.69, 9.17) is 5.11 Å². The van der Waals surface area contributed by atoms with Crippen LogP contribution in [0.15, 0.2) is 30.3 Å². The molecule has 1 saturated carbocycles. The molecule has 1 amide bonds. The first-order valence-electron chi connectivity index (χ1n) is 6.89. The molecule has 0 bridgehead atoms. The van der Waals surface area contributed by atoms with Gasteiger partial charge < -0.3 is 10.0 Å². The summed E-state index contributed by atoms with van der Waals surface area (Å²) in [6, 6.07) is 10.1. The van der Waals surface area contributed by atoms with Crippen molar-refractivity contribution in [1.29, 1.82) is 0 Å². The van der Waals surface area contributed by atoms with Crippen molar-refractivity contribution in [3.05, 3.63) is 30.3 Å².